The van der Waals surface area contributed by atoms with E-state index in [0.29, 0.717) is 0 Å². The van der Waals surface area contributed by atoms with Gasteiger partial charge in [-0.1, -0.05) is 12.1 Å². The third-order valence-electron chi connectivity index (χ3n) is 2.77. The summed E-state index contributed by atoms with van der Waals surface area (Å²) in [6, 6.07) is 3.57. The number of para-hydroxylation sites is 1. The number of esters is 1. The molecule has 114 valence electrons. The maximum Gasteiger partial charge on any atom is 0.339 e. The van der Waals surface area contributed by atoms with Gasteiger partial charge in [-0.2, -0.15) is 0 Å². The van der Waals surface area contributed by atoms with E-state index in [-0.39, 0.29) is 17.7 Å². The first-order chi connectivity index (χ1) is 9.86. The first-order valence-corrected chi connectivity index (χ1v) is 6.02. The van der Waals surface area contributed by atoms with E-state index in [9.17, 15) is 14.4 Å². The van der Waals surface area contributed by atoms with Crippen molar-refractivity contribution < 1.29 is 29.3 Å². The lowest BCUT2D eigenvalue weighted by atomic mass is 10.1. The van der Waals surface area contributed by atoms with Crippen LogP contribution in [0.25, 0.3) is 0 Å². The Morgan fingerprint density at radius 3 is 2.38 bits per heavy atom. The fourth-order valence-corrected chi connectivity index (χ4v) is 1.66. The molecule has 0 heterocycles. The van der Waals surface area contributed by atoms with Gasteiger partial charge in [0.05, 0.1) is 12.7 Å². The molecule has 0 aromatic heterocycles. The number of nitrogens with two attached hydrogens (primary N) is 1. The second-order valence-electron chi connectivity index (χ2n) is 4.25. The summed E-state index contributed by atoms with van der Waals surface area (Å²) in [7, 11) is 1.20. The quantitative estimate of drug-likeness (QED) is 0.521. The second kappa shape index (κ2) is 7.25. The van der Waals surface area contributed by atoms with Crippen LogP contribution < -0.4 is 11.1 Å². The number of ether oxygens (including phenoxy) is 1. The Morgan fingerprint density at radius 1 is 1.24 bits per heavy atom. The van der Waals surface area contributed by atoms with Crippen molar-refractivity contribution in [3.63, 3.8) is 0 Å². The molecule has 5 N–H and O–H groups in total. The van der Waals surface area contributed by atoms with Crippen molar-refractivity contribution in [1.82, 2.24) is 0 Å². The van der Waals surface area contributed by atoms with Crippen LogP contribution in [0.3, 0.4) is 0 Å². The normalized spacial score (nSPS) is 13.0. The molecule has 1 aromatic carbocycles. The summed E-state index contributed by atoms with van der Waals surface area (Å²) in [5.41, 5.74) is 5.72. The Balaban J connectivity index is 2.97. The first kappa shape index (κ1) is 16.4. The number of nitrogens with one attached hydrogen (secondary N) is 1. The van der Waals surface area contributed by atoms with Crippen LogP contribution in [0.4, 0.5) is 5.69 Å². The van der Waals surface area contributed by atoms with E-state index in [2.05, 4.69) is 10.1 Å². The van der Waals surface area contributed by atoms with Crippen LogP contribution in [0.2, 0.25) is 0 Å². The number of methoxy groups -OCH3 is 1. The summed E-state index contributed by atoms with van der Waals surface area (Å²) >= 11 is 0. The number of carboxylic acid groups (broad SMARTS) is 2. The summed E-state index contributed by atoms with van der Waals surface area (Å²) in [4.78, 5) is 33.5. The van der Waals surface area contributed by atoms with Gasteiger partial charge in [-0.05, 0) is 12.1 Å². The molecule has 8 nitrogen and oxygen atoms in total. The predicted octanol–water partition coefficient (Wildman–Crippen LogP) is 0.140. The van der Waals surface area contributed by atoms with Crippen LogP contribution in [-0.4, -0.2) is 47.3 Å². The molecule has 0 radical (unpaired) electrons. The third kappa shape index (κ3) is 4.46. The first-order valence-electron chi connectivity index (χ1n) is 6.02. The van der Waals surface area contributed by atoms with Crippen LogP contribution in [-0.2, 0) is 14.3 Å². The molecule has 0 aliphatic heterocycles. The zero-order valence-electron chi connectivity index (χ0n) is 11.3. The lowest BCUT2D eigenvalue weighted by Crippen LogP contribution is -2.40. The number of benzene rings is 1. The summed E-state index contributed by atoms with van der Waals surface area (Å²) in [5, 5.41) is 20.5. The average Bonchev–Trinajstić information content (AvgIpc) is 2.45. The number of carbonyl (C=O) groups excluding carboxylic acids is 1. The number of hydrogen-bond donors (Lipinski definition) is 4. The molecule has 1 rings (SSSR count). The van der Waals surface area contributed by atoms with Crippen LogP contribution in [0.5, 0.6) is 0 Å². The minimum absolute atomic E-state index is 0.148. The van der Waals surface area contributed by atoms with Gasteiger partial charge in [-0.15, -0.1) is 0 Å². The van der Waals surface area contributed by atoms with Crippen molar-refractivity contribution in [2.75, 3.05) is 12.4 Å². The van der Waals surface area contributed by atoms with Crippen molar-refractivity contribution in [2.24, 2.45) is 5.73 Å². The topological polar surface area (TPSA) is 139 Å². The van der Waals surface area contributed by atoms with Crippen molar-refractivity contribution in [2.45, 2.75) is 18.5 Å². The van der Waals surface area contributed by atoms with Crippen molar-refractivity contribution in [1.29, 1.82) is 0 Å². The SMILES string of the molecule is COC(=O)c1ccccc1NC(C[C@H](N)C(=O)O)C(=O)O. The smallest absolute Gasteiger partial charge is 0.339 e. The molecular weight excluding hydrogens is 280 g/mol. The number of hydrogen-bond acceptors (Lipinski definition) is 6. The highest BCUT2D eigenvalue weighted by Crippen LogP contribution is 2.18. The van der Waals surface area contributed by atoms with E-state index in [1.165, 1.54) is 19.2 Å². The minimum atomic E-state index is -1.33. The van der Waals surface area contributed by atoms with Gasteiger partial charge in [0.2, 0.25) is 0 Å². The average molecular weight is 296 g/mol. The van der Waals surface area contributed by atoms with Crippen LogP contribution in [0.1, 0.15) is 16.8 Å². The predicted molar refractivity (Wildman–Crippen MR) is 73.1 cm³/mol. The summed E-state index contributed by atoms with van der Waals surface area (Å²) < 4.78 is 4.59. The maximum absolute atomic E-state index is 11.6. The molecule has 1 unspecified atom stereocenters. The molecule has 8 heteroatoms. The van der Waals surface area contributed by atoms with E-state index in [0.717, 1.165) is 0 Å². The van der Waals surface area contributed by atoms with Gasteiger partial charge in [-0.25, -0.2) is 9.59 Å². The molecule has 0 aliphatic rings. The number of carbonyl (C=O) groups is 3. The highest BCUT2D eigenvalue weighted by Gasteiger charge is 2.25. The Labute approximate surface area is 120 Å². The summed E-state index contributed by atoms with van der Waals surface area (Å²) in [6.07, 6.45) is -0.333. The summed E-state index contributed by atoms with van der Waals surface area (Å²) in [5.74, 6) is -3.21. The van der Waals surface area contributed by atoms with Gasteiger partial charge < -0.3 is 26.0 Å². The standard InChI is InChI=1S/C13H16N2O6/c1-21-13(20)7-4-2-3-5-9(7)15-10(12(18)19)6-8(14)11(16)17/h2-5,8,10,15H,6,14H2,1H3,(H,16,17)(H,18,19)/t8-,10?/m0/s1. The molecule has 0 saturated heterocycles. The van der Waals surface area contributed by atoms with E-state index in [1.54, 1.807) is 12.1 Å². The Bertz CT molecular complexity index is 545. The highest BCUT2D eigenvalue weighted by molar-refractivity contribution is 5.96. The van der Waals surface area contributed by atoms with Gasteiger partial charge >= 0.3 is 17.9 Å². The van der Waals surface area contributed by atoms with Gasteiger partial charge in [-0.3, -0.25) is 4.79 Å². The van der Waals surface area contributed by atoms with E-state index in [4.69, 9.17) is 15.9 Å². The third-order valence-corrected chi connectivity index (χ3v) is 2.77. The van der Waals surface area contributed by atoms with Gasteiger partial charge in [0.25, 0.3) is 0 Å². The molecule has 2 atom stereocenters. The van der Waals surface area contributed by atoms with E-state index in [1.807, 2.05) is 0 Å². The van der Waals surface area contributed by atoms with Gasteiger partial charge in [0.1, 0.15) is 12.1 Å². The second-order valence-corrected chi connectivity index (χ2v) is 4.25. The van der Waals surface area contributed by atoms with Crippen molar-refractivity contribution >= 4 is 23.6 Å². The number of carboxylic acids is 2. The molecular formula is C13H16N2O6. The van der Waals surface area contributed by atoms with Crippen LogP contribution >= 0.6 is 0 Å². The van der Waals surface area contributed by atoms with Crippen molar-refractivity contribution in [3.8, 4) is 0 Å². The van der Waals surface area contributed by atoms with Crippen LogP contribution in [0, 0.1) is 0 Å². The molecule has 0 bridgehead atoms. The number of anilines is 1. The monoisotopic (exact) mass is 296 g/mol. The lowest BCUT2D eigenvalue weighted by molar-refractivity contribution is -0.140. The molecule has 1 aromatic rings. The van der Waals surface area contributed by atoms with E-state index >= 15 is 0 Å². The zero-order chi connectivity index (χ0) is 16.0. The van der Waals surface area contributed by atoms with Crippen LogP contribution in [0.15, 0.2) is 24.3 Å². The maximum atomic E-state index is 11.6. The zero-order valence-corrected chi connectivity index (χ0v) is 11.3. The Kier molecular flexibility index (Phi) is 5.67. The highest BCUT2D eigenvalue weighted by atomic mass is 16.5. The Hall–Kier alpha value is -2.61. The minimum Gasteiger partial charge on any atom is -0.480 e. The molecule has 21 heavy (non-hydrogen) atoms. The fourth-order valence-electron chi connectivity index (χ4n) is 1.66. The van der Waals surface area contributed by atoms with Gasteiger partial charge in [0, 0.05) is 12.1 Å². The molecule has 0 aliphatic carbocycles. The van der Waals surface area contributed by atoms with E-state index < -0.39 is 30.0 Å². The molecule has 0 saturated carbocycles. The Morgan fingerprint density at radius 2 is 1.86 bits per heavy atom. The van der Waals surface area contributed by atoms with Gasteiger partial charge in [0.15, 0.2) is 0 Å². The number of aliphatic carboxylic acids is 2. The summed E-state index contributed by atoms with van der Waals surface area (Å²) in [6.45, 7) is 0. The molecule has 0 spiro atoms. The largest absolute Gasteiger partial charge is 0.480 e. The fraction of sp³-hybridized carbons (Fsp3) is 0.308. The number of rotatable bonds is 7. The van der Waals surface area contributed by atoms with Crippen molar-refractivity contribution in [3.05, 3.63) is 29.8 Å². The lowest BCUT2D eigenvalue weighted by Gasteiger charge is -2.19. The molecule has 0 amide bonds. The molecule has 0 fully saturated rings.